The van der Waals surface area contributed by atoms with Crippen molar-refractivity contribution in [1.82, 2.24) is 10.2 Å². The number of hydrogen-bond donors (Lipinski definition) is 1. The molecule has 0 bridgehead atoms. The number of nitrogens with one attached hydrogen (secondary N) is 1. The first-order valence-corrected chi connectivity index (χ1v) is 6.55. The van der Waals surface area contributed by atoms with Crippen LogP contribution in [0, 0.1) is 23.4 Å². The highest BCUT2D eigenvalue weighted by molar-refractivity contribution is 5.94. The second-order valence-corrected chi connectivity index (χ2v) is 5.16. The van der Waals surface area contributed by atoms with Gasteiger partial charge < -0.3 is 10.2 Å². The van der Waals surface area contributed by atoms with Gasteiger partial charge in [0.1, 0.15) is 23.0 Å². The molecule has 0 spiro atoms. The molecule has 1 aliphatic heterocycles. The van der Waals surface area contributed by atoms with Gasteiger partial charge in [0.25, 0.3) is 5.91 Å². The van der Waals surface area contributed by atoms with Crippen LogP contribution in [0.2, 0.25) is 0 Å². The largest absolute Gasteiger partial charge is 0.338 e. The number of amides is 1. The maximum atomic E-state index is 13.6. The third kappa shape index (κ3) is 2.80. The lowest BCUT2D eigenvalue weighted by atomic mass is 9.93. The monoisotopic (exact) mass is 286 g/mol. The van der Waals surface area contributed by atoms with E-state index in [1.165, 1.54) is 4.90 Å². The first-order valence-electron chi connectivity index (χ1n) is 6.55. The molecule has 3 nitrogen and oxygen atoms in total. The standard InChI is InChI=1S/C14H17F3N2O/c1-8-7-19(4-3-12(8)18-2)14(20)13-10(16)5-9(15)6-11(13)17/h5-6,8,12,18H,3-4,7H2,1-2H3. The molecule has 1 aromatic rings. The van der Waals surface area contributed by atoms with Crippen LogP contribution in [0.1, 0.15) is 23.7 Å². The summed E-state index contributed by atoms with van der Waals surface area (Å²) < 4.78 is 40.1. The van der Waals surface area contributed by atoms with Gasteiger partial charge in [0.15, 0.2) is 0 Å². The van der Waals surface area contributed by atoms with E-state index >= 15 is 0 Å². The van der Waals surface area contributed by atoms with Crippen molar-refractivity contribution in [1.29, 1.82) is 0 Å². The first kappa shape index (κ1) is 14.8. The van der Waals surface area contributed by atoms with Crippen molar-refractivity contribution in [3.8, 4) is 0 Å². The molecule has 0 radical (unpaired) electrons. The van der Waals surface area contributed by atoms with E-state index in [4.69, 9.17) is 0 Å². The lowest BCUT2D eigenvalue weighted by molar-refractivity contribution is 0.0639. The van der Waals surface area contributed by atoms with Crippen LogP contribution in [0.4, 0.5) is 13.2 Å². The van der Waals surface area contributed by atoms with E-state index in [0.717, 1.165) is 0 Å². The predicted octanol–water partition coefficient (Wildman–Crippen LogP) is 2.17. The highest BCUT2D eigenvalue weighted by atomic mass is 19.1. The smallest absolute Gasteiger partial charge is 0.259 e. The molecule has 6 heteroatoms. The van der Waals surface area contributed by atoms with Gasteiger partial charge in [-0.05, 0) is 19.4 Å². The summed E-state index contributed by atoms with van der Waals surface area (Å²) in [5.41, 5.74) is -0.679. The molecule has 2 rings (SSSR count). The molecule has 1 aliphatic rings. The first-order chi connectivity index (χ1) is 9.43. The van der Waals surface area contributed by atoms with Crippen molar-refractivity contribution in [3.63, 3.8) is 0 Å². The Bertz CT molecular complexity index is 498. The Labute approximate surface area is 115 Å². The maximum absolute atomic E-state index is 13.6. The second-order valence-electron chi connectivity index (χ2n) is 5.16. The van der Waals surface area contributed by atoms with E-state index in [1.807, 2.05) is 14.0 Å². The van der Waals surface area contributed by atoms with Gasteiger partial charge >= 0.3 is 0 Å². The predicted molar refractivity (Wildman–Crippen MR) is 68.8 cm³/mol. The zero-order valence-electron chi connectivity index (χ0n) is 11.4. The number of piperidine rings is 1. The van der Waals surface area contributed by atoms with Gasteiger partial charge in [-0.2, -0.15) is 0 Å². The lowest BCUT2D eigenvalue weighted by Gasteiger charge is -2.36. The Hall–Kier alpha value is -1.56. The van der Waals surface area contributed by atoms with Gasteiger partial charge in [0, 0.05) is 31.3 Å². The SMILES string of the molecule is CNC1CCN(C(=O)c2c(F)cc(F)cc2F)CC1C. The summed E-state index contributed by atoms with van der Waals surface area (Å²) in [5, 5.41) is 3.15. The zero-order chi connectivity index (χ0) is 14.9. The molecule has 110 valence electrons. The van der Waals surface area contributed by atoms with Crippen LogP contribution in [-0.4, -0.2) is 37.0 Å². The number of likely N-dealkylation sites (tertiary alicyclic amines) is 1. The molecule has 1 heterocycles. The fraction of sp³-hybridized carbons (Fsp3) is 0.500. The van der Waals surface area contributed by atoms with Crippen LogP contribution in [0.3, 0.4) is 0 Å². The fourth-order valence-corrected chi connectivity index (χ4v) is 2.66. The molecule has 2 unspecified atom stereocenters. The summed E-state index contributed by atoms with van der Waals surface area (Å²) in [6, 6.07) is 1.34. The molecular weight excluding hydrogens is 269 g/mol. The summed E-state index contributed by atoms with van der Waals surface area (Å²) in [6.45, 7) is 2.81. The van der Waals surface area contributed by atoms with Crippen LogP contribution < -0.4 is 5.32 Å². The second kappa shape index (κ2) is 5.83. The summed E-state index contributed by atoms with van der Waals surface area (Å²) in [6.07, 6.45) is 0.716. The van der Waals surface area contributed by atoms with Gasteiger partial charge in [-0.3, -0.25) is 4.79 Å². The number of carbonyl (C=O) groups is 1. The van der Waals surface area contributed by atoms with Crippen molar-refractivity contribution >= 4 is 5.91 Å². The average molecular weight is 286 g/mol. The molecule has 1 aromatic carbocycles. The van der Waals surface area contributed by atoms with E-state index in [0.29, 0.717) is 31.6 Å². The number of hydrogen-bond acceptors (Lipinski definition) is 2. The number of nitrogens with zero attached hydrogens (tertiary/aromatic N) is 1. The molecule has 20 heavy (non-hydrogen) atoms. The summed E-state index contributed by atoms with van der Waals surface area (Å²) >= 11 is 0. The Morgan fingerprint density at radius 3 is 2.40 bits per heavy atom. The van der Waals surface area contributed by atoms with E-state index in [2.05, 4.69) is 5.32 Å². The molecule has 0 aromatic heterocycles. The number of benzene rings is 1. The molecule has 1 amide bonds. The van der Waals surface area contributed by atoms with Gasteiger partial charge in [-0.25, -0.2) is 13.2 Å². The Kier molecular flexibility index (Phi) is 4.32. The molecule has 1 saturated heterocycles. The molecule has 1 N–H and O–H groups in total. The molecule has 0 aliphatic carbocycles. The van der Waals surface area contributed by atoms with Crippen molar-refractivity contribution in [3.05, 3.63) is 35.1 Å². The number of carbonyl (C=O) groups excluding carboxylic acids is 1. The summed E-state index contributed by atoms with van der Waals surface area (Å²) in [5.74, 6) is -3.88. The number of halogens is 3. The quantitative estimate of drug-likeness (QED) is 0.903. The van der Waals surface area contributed by atoms with Gasteiger partial charge in [0.05, 0.1) is 0 Å². The van der Waals surface area contributed by atoms with Crippen LogP contribution in [0.5, 0.6) is 0 Å². The minimum Gasteiger partial charge on any atom is -0.338 e. The summed E-state index contributed by atoms with van der Waals surface area (Å²) in [4.78, 5) is 13.6. The highest BCUT2D eigenvalue weighted by Crippen LogP contribution is 2.22. The van der Waals surface area contributed by atoms with E-state index in [1.54, 1.807) is 0 Å². The van der Waals surface area contributed by atoms with E-state index < -0.39 is 28.9 Å². The molecule has 0 saturated carbocycles. The van der Waals surface area contributed by atoms with E-state index in [9.17, 15) is 18.0 Å². The van der Waals surface area contributed by atoms with Crippen molar-refractivity contribution in [2.75, 3.05) is 20.1 Å². The van der Waals surface area contributed by atoms with Crippen LogP contribution in [0.15, 0.2) is 12.1 Å². The summed E-state index contributed by atoms with van der Waals surface area (Å²) in [7, 11) is 1.85. The Balaban J connectivity index is 2.21. The van der Waals surface area contributed by atoms with Crippen LogP contribution in [-0.2, 0) is 0 Å². The fourth-order valence-electron chi connectivity index (χ4n) is 2.66. The van der Waals surface area contributed by atoms with Crippen LogP contribution >= 0.6 is 0 Å². The minimum atomic E-state index is -1.16. The number of rotatable bonds is 2. The van der Waals surface area contributed by atoms with Gasteiger partial charge in [-0.1, -0.05) is 6.92 Å². The normalized spacial score (nSPS) is 22.9. The minimum absolute atomic E-state index is 0.185. The molecule has 2 atom stereocenters. The third-order valence-electron chi connectivity index (χ3n) is 3.78. The van der Waals surface area contributed by atoms with Crippen LogP contribution in [0.25, 0.3) is 0 Å². The molecular formula is C14H17F3N2O. The zero-order valence-corrected chi connectivity index (χ0v) is 11.4. The Morgan fingerprint density at radius 2 is 1.90 bits per heavy atom. The molecule has 1 fully saturated rings. The van der Waals surface area contributed by atoms with E-state index in [-0.39, 0.29) is 12.0 Å². The maximum Gasteiger partial charge on any atom is 0.259 e. The third-order valence-corrected chi connectivity index (χ3v) is 3.78. The Morgan fingerprint density at radius 1 is 1.30 bits per heavy atom. The topological polar surface area (TPSA) is 32.3 Å². The lowest BCUT2D eigenvalue weighted by Crippen LogP contribution is -2.49. The van der Waals surface area contributed by atoms with Crippen molar-refractivity contribution in [2.45, 2.75) is 19.4 Å². The highest BCUT2D eigenvalue weighted by Gasteiger charge is 2.31. The average Bonchev–Trinajstić information content (AvgIpc) is 2.37. The van der Waals surface area contributed by atoms with Crippen molar-refractivity contribution < 1.29 is 18.0 Å². The van der Waals surface area contributed by atoms with Gasteiger partial charge in [0.2, 0.25) is 0 Å². The van der Waals surface area contributed by atoms with Crippen molar-refractivity contribution in [2.24, 2.45) is 5.92 Å². The van der Waals surface area contributed by atoms with Gasteiger partial charge in [-0.15, -0.1) is 0 Å².